The number of rotatable bonds is 2. The first-order chi connectivity index (χ1) is 9.32. The SMILES string of the molecule is COc1cc(-c2cccc(C(F)(F)F)c2)cc(F)c1N. The summed E-state index contributed by atoms with van der Waals surface area (Å²) in [4.78, 5) is 0. The third-order valence-electron chi connectivity index (χ3n) is 2.83. The highest BCUT2D eigenvalue weighted by molar-refractivity contribution is 5.71. The van der Waals surface area contributed by atoms with Crippen molar-refractivity contribution in [2.75, 3.05) is 12.8 Å². The van der Waals surface area contributed by atoms with Crippen molar-refractivity contribution in [3.63, 3.8) is 0 Å². The second-order valence-electron chi connectivity index (χ2n) is 4.15. The molecule has 0 spiro atoms. The summed E-state index contributed by atoms with van der Waals surface area (Å²) in [7, 11) is 1.31. The summed E-state index contributed by atoms with van der Waals surface area (Å²) >= 11 is 0. The van der Waals surface area contributed by atoms with Crippen LogP contribution in [0.25, 0.3) is 11.1 Å². The van der Waals surface area contributed by atoms with Crippen LogP contribution in [-0.4, -0.2) is 7.11 Å². The van der Waals surface area contributed by atoms with Crippen molar-refractivity contribution in [1.29, 1.82) is 0 Å². The molecule has 0 radical (unpaired) electrons. The fourth-order valence-electron chi connectivity index (χ4n) is 1.80. The van der Waals surface area contributed by atoms with E-state index in [0.717, 1.165) is 18.2 Å². The zero-order valence-corrected chi connectivity index (χ0v) is 10.5. The van der Waals surface area contributed by atoms with Crippen molar-refractivity contribution < 1.29 is 22.3 Å². The van der Waals surface area contributed by atoms with Crippen LogP contribution in [0.3, 0.4) is 0 Å². The minimum atomic E-state index is -4.45. The first kappa shape index (κ1) is 14.2. The van der Waals surface area contributed by atoms with Gasteiger partial charge in [0.2, 0.25) is 0 Å². The molecular weight excluding hydrogens is 274 g/mol. The van der Waals surface area contributed by atoms with Gasteiger partial charge in [0.1, 0.15) is 11.4 Å². The Balaban J connectivity index is 2.55. The summed E-state index contributed by atoms with van der Waals surface area (Å²) in [5.74, 6) is -0.658. The first-order valence-corrected chi connectivity index (χ1v) is 5.63. The highest BCUT2D eigenvalue weighted by atomic mass is 19.4. The van der Waals surface area contributed by atoms with Gasteiger partial charge in [-0.1, -0.05) is 12.1 Å². The average Bonchev–Trinajstić information content (AvgIpc) is 2.41. The van der Waals surface area contributed by atoms with Crippen LogP contribution in [0.4, 0.5) is 23.2 Å². The van der Waals surface area contributed by atoms with E-state index in [-0.39, 0.29) is 22.6 Å². The summed E-state index contributed by atoms with van der Waals surface area (Å²) in [6.45, 7) is 0. The van der Waals surface area contributed by atoms with Crippen LogP contribution >= 0.6 is 0 Å². The normalized spacial score (nSPS) is 11.4. The molecule has 106 valence electrons. The van der Waals surface area contributed by atoms with Crippen molar-refractivity contribution in [2.45, 2.75) is 6.18 Å². The van der Waals surface area contributed by atoms with Crippen LogP contribution in [0, 0.1) is 5.82 Å². The Hall–Kier alpha value is -2.24. The number of nitrogen functional groups attached to an aromatic ring is 1. The molecule has 2 nitrogen and oxygen atoms in total. The fraction of sp³-hybridized carbons (Fsp3) is 0.143. The molecule has 0 aromatic heterocycles. The van der Waals surface area contributed by atoms with Crippen LogP contribution in [0.5, 0.6) is 5.75 Å². The lowest BCUT2D eigenvalue weighted by molar-refractivity contribution is -0.137. The lowest BCUT2D eigenvalue weighted by atomic mass is 10.0. The van der Waals surface area contributed by atoms with Crippen LogP contribution in [-0.2, 0) is 6.18 Å². The molecule has 0 aliphatic carbocycles. The molecule has 0 aliphatic heterocycles. The maximum atomic E-state index is 13.6. The molecule has 2 aromatic carbocycles. The van der Waals surface area contributed by atoms with Crippen LogP contribution in [0.15, 0.2) is 36.4 Å². The maximum Gasteiger partial charge on any atom is 0.416 e. The first-order valence-electron chi connectivity index (χ1n) is 5.63. The summed E-state index contributed by atoms with van der Waals surface area (Å²) < 4.78 is 56.5. The van der Waals surface area contributed by atoms with Gasteiger partial charge in [-0.2, -0.15) is 13.2 Å². The predicted molar refractivity (Wildman–Crippen MR) is 67.8 cm³/mol. The topological polar surface area (TPSA) is 35.2 Å². The van der Waals surface area contributed by atoms with E-state index < -0.39 is 17.6 Å². The molecule has 0 unspecified atom stereocenters. The summed E-state index contributed by atoms with van der Waals surface area (Å²) in [6.07, 6.45) is -4.45. The van der Waals surface area contributed by atoms with Crippen LogP contribution in [0.1, 0.15) is 5.56 Å². The number of methoxy groups -OCH3 is 1. The van der Waals surface area contributed by atoms with Crippen molar-refractivity contribution in [3.8, 4) is 16.9 Å². The third kappa shape index (κ3) is 2.68. The number of nitrogens with two attached hydrogens (primary N) is 1. The molecule has 0 amide bonds. The Kier molecular flexibility index (Phi) is 3.57. The second kappa shape index (κ2) is 5.03. The molecule has 2 rings (SSSR count). The van der Waals surface area contributed by atoms with E-state index >= 15 is 0 Å². The van der Waals surface area contributed by atoms with E-state index in [1.54, 1.807) is 0 Å². The minimum absolute atomic E-state index is 0.0809. The third-order valence-corrected chi connectivity index (χ3v) is 2.83. The Morgan fingerprint density at radius 3 is 2.35 bits per heavy atom. The van der Waals surface area contributed by atoms with Gasteiger partial charge in [0.05, 0.1) is 12.7 Å². The van der Waals surface area contributed by atoms with Gasteiger partial charge in [0.15, 0.2) is 5.82 Å². The van der Waals surface area contributed by atoms with Gasteiger partial charge in [0.25, 0.3) is 0 Å². The van der Waals surface area contributed by atoms with Gasteiger partial charge in [-0.25, -0.2) is 4.39 Å². The molecule has 2 N–H and O–H groups in total. The monoisotopic (exact) mass is 285 g/mol. The van der Waals surface area contributed by atoms with Crippen molar-refractivity contribution in [2.24, 2.45) is 0 Å². The molecule has 6 heteroatoms. The average molecular weight is 285 g/mol. The van der Waals surface area contributed by atoms with Gasteiger partial charge in [0, 0.05) is 0 Å². The fourth-order valence-corrected chi connectivity index (χ4v) is 1.80. The largest absolute Gasteiger partial charge is 0.494 e. The molecule has 20 heavy (non-hydrogen) atoms. The summed E-state index contributed by atoms with van der Waals surface area (Å²) in [5.41, 5.74) is 4.98. The maximum absolute atomic E-state index is 13.6. The Morgan fingerprint density at radius 2 is 1.75 bits per heavy atom. The highest BCUT2D eigenvalue weighted by Gasteiger charge is 2.30. The smallest absolute Gasteiger partial charge is 0.416 e. The van der Waals surface area contributed by atoms with Gasteiger partial charge >= 0.3 is 6.18 Å². The number of halogens is 4. The number of anilines is 1. The minimum Gasteiger partial charge on any atom is -0.494 e. The Labute approximate surface area is 112 Å². The van der Waals surface area contributed by atoms with Crippen LogP contribution in [0.2, 0.25) is 0 Å². The lowest BCUT2D eigenvalue weighted by Crippen LogP contribution is -2.04. The molecule has 0 heterocycles. The summed E-state index contributed by atoms with van der Waals surface area (Å²) in [5, 5.41) is 0. The van der Waals surface area contributed by atoms with Gasteiger partial charge in [-0.3, -0.25) is 0 Å². The van der Waals surface area contributed by atoms with E-state index in [1.807, 2.05) is 0 Å². The molecule has 0 atom stereocenters. The molecule has 2 aromatic rings. The van der Waals surface area contributed by atoms with Crippen LogP contribution < -0.4 is 10.5 Å². The quantitative estimate of drug-likeness (QED) is 0.666. The standard InChI is InChI=1S/C14H11F4NO/c1-20-12-7-9(6-11(15)13(12)19)8-3-2-4-10(5-8)14(16,17)18/h2-7H,19H2,1H3. The number of benzene rings is 2. The lowest BCUT2D eigenvalue weighted by Gasteiger charge is -2.11. The predicted octanol–water partition coefficient (Wildman–Crippen LogP) is 4.10. The van der Waals surface area contributed by atoms with E-state index in [9.17, 15) is 17.6 Å². The molecule has 0 aliphatic rings. The van der Waals surface area contributed by atoms with Crippen molar-refractivity contribution in [3.05, 3.63) is 47.8 Å². The zero-order valence-electron chi connectivity index (χ0n) is 10.5. The Bertz CT molecular complexity index is 638. The Morgan fingerprint density at radius 1 is 1.05 bits per heavy atom. The molecular formula is C14H11F4NO. The number of hydrogen-bond acceptors (Lipinski definition) is 2. The number of alkyl halides is 3. The number of hydrogen-bond donors (Lipinski definition) is 1. The summed E-state index contributed by atoms with van der Waals surface area (Å²) in [6, 6.07) is 7.10. The van der Waals surface area contributed by atoms with Gasteiger partial charge in [-0.15, -0.1) is 0 Å². The highest BCUT2D eigenvalue weighted by Crippen LogP contribution is 2.35. The molecule has 0 saturated carbocycles. The molecule has 0 bridgehead atoms. The van der Waals surface area contributed by atoms with Gasteiger partial charge < -0.3 is 10.5 Å². The van der Waals surface area contributed by atoms with E-state index in [2.05, 4.69) is 0 Å². The van der Waals surface area contributed by atoms with Gasteiger partial charge in [-0.05, 0) is 35.4 Å². The van der Waals surface area contributed by atoms with E-state index in [0.29, 0.717) is 0 Å². The number of ether oxygens (including phenoxy) is 1. The molecule has 0 saturated heterocycles. The van der Waals surface area contributed by atoms with Crippen molar-refractivity contribution >= 4 is 5.69 Å². The second-order valence-corrected chi connectivity index (χ2v) is 4.15. The van der Waals surface area contributed by atoms with E-state index in [4.69, 9.17) is 10.5 Å². The van der Waals surface area contributed by atoms with Crippen molar-refractivity contribution in [1.82, 2.24) is 0 Å². The molecule has 0 fully saturated rings. The van der Waals surface area contributed by atoms with E-state index in [1.165, 1.54) is 25.3 Å². The zero-order chi connectivity index (χ0) is 14.9.